The van der Waals surface area contributed by atoms with Crippen molar-refractivity contribution in [3.05, 3.63) is 59.4 Å². The van der Waals surface area contributed by atoms with Crippen LogP contribution in [0.25, 0.3) is 4.96 Å². The maximum absolute atomic E-state index is 4.63. The largest absolute Gasteiger partial charge is 0.357 e. The van der Waals surface area contributed by atoms with Crippen LogP contribution >= 0.6 is 35.3 Å². The number of nitrogens with zero attached hydrogens (tertiary/aromatic N) is 3. The van der Waals surface area contributed by atoms with Crippen molar-refractivity contribution in [2.45, 2.75) is 26.3 Å². The van der Waals surface area contributed by atoms with Crippen LogP contribution in [-0.4, -0.2) is 28.4 Å². The quantitative estimate of drug-likeness (QED) is 0.240. The maximum atomic E-state index is 4.63. The fraction of sp³-hybridized carbons (Fsp3) is 0.333. The minimum absolute atomic E-state index is 0. The molecule has 0 aliphatic carbocycles. The first-order valence-corrected chi connectivity index (χ1v) is 9.20. The molecule has 25 heavy (non-hydrogen) atoms. The standard InChI is InChI=1S/C18H23N5S.HI/c1-2-19-17(20-10-6-9-15-7-4-3-5-8-15)21-13-16-14-23-11-12-24-18(23)22-16;/h3-5,7-8,11-12,14H,2,6,9-10,13H2,1H3,(H2,19,20,21);1H. The molecule has 2 N–H and O–H groups in total. The summed E-state index contributed by atoms with van der Waals surface area (Å²) >= 11 is 1.64. The van der Waals surface area contributed by atoms with Gasteiger partial charge in [0, 0.05) is 30.9 Å². The highest BCUT2D eigenvalue weighted by atomic mass is 127. The molecule has 1 aromatic carbocycles. The van der Waals surface area contributed by atoms with Crippen molar-refractivity contribution in [2.24, 2.45) is 4.99 Å². The summed E-state index contributed by atoms with van der Waals surface area (Å²) in [6.07, 6.45) is 6.21. The molecule has 0 saturated heterocycles. The lowest BCUT2D eigenvalue weighted by molar-refractivity contribution is 0.743. The molecule has 2 aromatic heterocycles. The first kappa shape index (κ1) is 19.7. The highest BCUT2D eigenvalue weighted by Crippen LogP contribution is 2.11. The Kier molecular flexibility index (Phi) is 8.20. The Bertz CT molecular complexity index is 752. The maximum Gasteiger partial charge on any atom is 0.193 e. The van der Waals surface area contributed by atoms with Crippen LogP contribution in [0.2, 0.25) is 0 Å². The smallest absolute Gasteiger partial charge is 0.193 e. The average Bonchev–Trinajstić information content (AvgIpc) is 3.19. The number of nitrogens with one attached hydrogen (secondary N) is 2. The normalized spacial score (nSPS) is 11.3. The molecule has 0 fully saturated rings. The lowest BCUT2D eigenvalue weighted by atomic mass is 10.1. The molecule has 0 aliphatic rings. The second-order valence-corrected chi connectivity index (χ2v) is 6.41. The first-order chi connectivity index (χ1) is 11.8. The van der Waals surface area contributed by atoms with Crippen LogP contribution in [-0.2, 0) is 13.0 Å². The second kappa shape index (κ2) is 10.4. The summed E-state index contributed by atoms with van der Waals surface area (Å²) in [6, 6.07) is 10.6. The topological polar surface area (TPSA) is 53.7 Å². The molecule has 134 valence electrons. The highest BCUT2D eigenvalue weighted by molar-refractivity contribution is 14.0. The number of rotatable bonds is 7. The summed E-state index contributed by atoms with van der Waals surface area (Å²) in [6.45, 7) is 4.41. The number of imidazole rings is 1. The van der Waals surface area contributed by atoms with Crippen LogP contribution in [0, 0.1) is 0 Å². The number of fused-ring (bicyclic) bond motifs is 1. The molecular weight excluding hydrogens is 445 g/mol. The Morgan fingerprint density at radius 3 is 2.84 bits per heavy atom. The molecule has 0 bridgehead atoms. The molecule has 2 heterocycles. The lowest BCUT2D eigenvalue weighted by Gasteiger charge is -2.10. The molecule has 0 radical (unpaired) electrons. The molecule has 0 saturated carbocycles. The molecule has 0 amide bonds. The van der Waals surface area contributed by atoms with Crippen LogP contribution in [0.15, 0.2) is 53.1 Å². The number of thiazole rings is 1. The van der Waals surface area contributed by atoms with Gasteiger partial charge in [0.2, 0.25) is 0 Å². The number of halogens is 1. The third-order valence-electron chi connectivity index (χ3n) is 3.66. The average molecular weight is 469 g/mol. The number of hydrogen-bond acceptors (Lipinski definition) is 3. The van der Waals surface area contributed by atoms with Crippen LogP contribution < -0.4 is 10.6 Å². The van der Waals surface area contributed by atoms with Gasteiger partial charge in [0.1, 0.15) is 0 Å². The van der Waals surface area contributed by atoms with Crippen molar-refractivity contribution < 1.29 is 0 Å². The summed E-state index contributed by atoms with van der Waals surface area (Å²) in [5.74, 6) is 0.849. The van der Waals surface area contributed by atoms with E-state index in [4.69, 9.17) is 0 Å². The number of aliphatic imine (C=N–C) groups is 1. The van der Waals surface area contributed by atoms with Gasteiger partial charge in [-0.3, -0.25) is 4.40 Å². The summed E-state index contributed by atoms with van der Waals surface area (Å²) in [5.41, 5.74) is 2.36. The van der Waals surface area contributed by atoms with Crippen LogP contribution in [0.5, 0.6) is 0 Å². The van der Waals surface area contributed by atoms with Gasteiger partial charge in [0.05, 0.1) is 12.2 Å². The third-order valence-corrected chi connectivity index (χ3v) is 4.43. The van der Waals surface area contributed by atoms with E-state index < -0.39 is 0 Å². The van der Waals surface area contributed by atoms with E-state index >= 15 is 0 Å². The van der Waals surface area contributed by atoms with Gasteiger partial charge in [-0.2, -0.15) is 0 Å². The van der Waals surface area contributed by atoms with Crippen LogP contribution in [0.1, 0.15) is 24.6 Å². The lowest BCUT2D eigenvalue weighted by Crippen LogP contribution is -2.37. The van der Waals surface area contributed by atoms with Crippen LogP contribution in [0.4, 0.5) is 0 Å². The van der Waals surface area contributed by atoms with Gasteiger partial charge >= 0.3 is 0 Å². The van der Waals surface area contributed by atoms with Gasteiger partial charge in [-0.05, 0) is 25.3 Å². The summed E-state index contributed by atoms with van der Waals surface area (Å²) in [5, 5.41) is 8.72. The zero-order chi connectivity index (χ0) is 16.6. The van der Waals surface area contributed by atoms with E-state index in [0.717, 1.165) is 42.5 Å². The molecule has 3 aromatic rings. The van der Waals surface area contributed by atoms with Gasteiger partial charge in [-0.25, -0.2) is 9.98 Å². The fourth-order valence-corrected chi connectivity index (χ4v) is 3.22. The molecule has 0 unspecified atom stereocenters. The molecule has 3 rings (SSSR count). The predicted molar refractivity (Wildman–Crippen MR) is 116 cm³/mol. The van der Waals surface area contributed by atoms with Gasteiger partial charge in [0.15, 0.2) is 10.9 Å². The summed E-state index contributed by atoms with van der Waals surface area (Å²) in [7, 11) is 0. The van der Waals surface area contributed by atoms with Crippen molar-refractivity contribution >= 4 is 46.2 Å². The molecule has 5 nitrogen and oxygen atoms in total. The van der Waals surface area contributed by atoms with E-state index in [1.165, 1.54) is 5.56 Å². The first-order valence-electron chi connectivity index (χ1n) is 8.32. The SMILES string of the molecule is CCNC(=NCc1cn2ccsc2n1)NCCCc1ccccc1.I. The number of aryl methyl sites for hydroxylation is 1. The van der Waals surface area contributed by atoms with E-state index in [1.807, 2.05) is 22.2 Å². The Hall–Kier alpha value is -1.61. The van der Waals surface area contributed by atoms with Gasteiger partial charge in [-0.15, -0.1) is 35.3 Å². The molecule has 0 aliphatic heterocycles. The van der Waals surface area contributed by atoms with Crippen molar-refractivity contribution in [3.8, 4) is 0 Å². The Balaban J connectivity index is 0.00000225. The minimum atomic E-state index is 0. The number of benzene rings is 1. The van der Waals surface area contributed by atoms with Crippen molar-refractivity contribution in [1.29, 1.82) is 0 Å². The van der Waals surface area contributed by atoms with E-state index in [2.05, 4.69) is 57.9 Å². The minimum Gasteiger partial charge on any atom is -0.357 e. The van der Waals surface area contributed by atoms with Crippen molar-refractivity contribution in [1.82, 2.24) is 20.0 Å². The van der Waals surface area contributed by atoms with Crippen LogP contribution in [0.3, 0.4) is 0 Å². The zero-order valence-corrected chi connectivity index (χ0v) is 17.5. The van der Waals surface area contributed by atoms with Gasteiger partial charge < -0.3 is 10.6 Å². The van der Waals surface area contributed by atoms with Gasteiger partial charge in [0.25, 0.3) is 0 Å². The third kappa shape index (κ3) is 6.00. The summed E-state index contributed by atoms with van der Waals surface area (Å²) < 4.78 is 2.04. The van der Waals surface area contributed by atoms with Gasteiger partial charge in [-0.1, -0.05) is 30.3 Å². The Labute approximate surface area is 169 Å². The second-order valence-electron chi connectivity index (χ2n) is 5.54. The Morgan fingerprint density at radius 1 is 1.24 bits per heavy atom. The fourth-order valence-electron chi connectivity index (χ4n) is 2.50. The predicted octanol–water partition coefficient (Wildman–Crippen LogP) is 3.70. The number of hydrogen-bond donors (Lipinski definition) is 2. The van der Waals surface area contributed by atoms with Crippen molar-refractivity contribution in [3.63, 3.8) is 0 Å². The monoisotopic (exact) mass is 469 g/mol. The summed E-state index contributed by atoms with van der Waals surface area (Å²) in [4.78, 5) is 10.2. The molecule has 0 atom stereocenters. The number of guanidine groups is 1. The molecule has 0 spiro atoms. The van der Waals surface area contributed by atoms with E-state index in [9.17, 15) is 0 Å². The Morgan fingerprint density at radius 2 is 2.08 bits per heavy atom. The van der Waals surface area contributed by atoms with E-state index in [1.54, 1.807) is 11.3 Å². The molecule has 7 heteroatoms. The highest BCUT2D eigenvalue weighted by Gasteiger charge is 2.03. The van der Waals surface area contributed by atoms with Crippen molar-refractivity contribution in [2.75, 3.05) is 13.1 Å². The zero-order valence-electron chi connectivity index (χ0n) is 14.3. The molecular formula is C18H24IN5S. The number of aromatic nitrogens is 2. The van der Waals surface area contributed by atoms with E-state index in [-0.39, 0.29) is 24.0 Å². The van der Waals surface area contributed by atoms with E-state index in [0.29, 0.717) is 6.54 Å².